The van der Waals surface area contributed by atoms with Gasteiger partial charge in [-0.15, -0.1) is 0 Å². The first-order valence-corrected chi connectivity index (χ1v) is 12.6. The van der Waals surface area contributed by atoms with Crippen LogP contribution in [0, 0.1) is 5.92 Å². The van der Waals surface area contributed by atoms with Gasteiger partial charge in [-0.2, -0.15) is 0 Å². The molecule has 0 aromatic rings. The minimum absolute atomic E-state index is 0.0705. The smallest absolute Gasteiger partial charge is 0.220 e. The second-order valence-corrected chi connectivity index (χ2v) is 9.30. The number of aliphatic hydroxyl groups is 1. The first kappa shape index (κ1) is 28.4. The molecule has 29 heavy (non-hydrogen) atoms. The lowest BCUT2D eigenvalue weighted by atomic mass is 9.90. The summed E-state index contributed by atoms with van der Waals surface area (Å²) >= 11 is 0. The van der Waals surface area contributed by atoms with Crippen LogP contribution in [0.5, 0.6) is 0 Å². The van der Waals surface area contributed by atoms with Crippen molar-refractivity contribution in [2.75, 3.05) is 0 Å². The zero-order chi connectivity index (χ0) is 22.0. The van der Waals surface area contributed by atoms with E-state index in [4.69, 9.17) is 5.73 Å². The number of amides is 1. The third-order valence-corrected chi connectivity index (χ3v) is 6.32. The SMILES string of the molecule is CCCCCCCCCCCCCCCCCC(=O)NC(CC)C(C)C(C)(N)O. The molecule has 0 fully saturated rings. The maximum atomic E-state index is 12.1. The highest BCUT2D eigenvalue weighted by atomic mass is 16.3. The fourth-order valence-electron chi connectivity index (χ4n) is 3.92. The van der Waals surface area contributed by atoms with E-state index in [-0.39, 0.29) is 17.9 Å². The summed E-state index contributed by atoms with van der Waals surface area (Å²) in [7, 11) is 0. The molecule has 0 saturated carbocycles. The Morgan fingerprint density at radius 1 is 0.828 bits per heavy atom. The minimum atomic E-state index is -1.26. The van der Waals surface area contributed by atoms with E-state index >= 15 is 0 Å². The lowest BCUT2D eigenvalue weighted by molar-refractivity contribution is -0.123. The fourth-order valence-corrected chi connectivity index (χ4v) is 3.92. The maximum absolute atomic E-state index is 12.1. The molecule has 0 saturated heterocycles. The van der Waals surface area contributed by atoms with Crippen LogP contribution >= 0.6 is 0 Å². The van der Waals surface area contributed by atoms with Crippen LogP contribution in [0.25, 0.3) is 0 Å². The molecule has 0 heterocycles. The summed E-state index contributed by atoms with van der Waals surface area (Å²) in [5.74, 6) is -0.0832. The molecule has 1 amide bonds. The maximum Gasteiger partial charge on any atom is 0.220 e. The molecule has 4 N–H and O–H groups in total. The van der Waals surface area contributed by atoms with E-state index in [2.05, 4.69) is 12.2 Å². The monoisotopic (exact) mass is 412 g/mol. The summed E-state index contributed by atoms with van der Waals surface area (Å²) in [6, 6.07) is -0.0705. The normalized spacial score (nSPS) is 15.7. The number of carbonyl (C=O) groups is 1. The number of nitrogens with one attached hydrogen (secondary N) is 1. The number of unbranched alkanes of at least 4 members (excludes halogenated alkanes) is 14. The van der Waals surface area contributed by atoms with Gasteiger partial charge in [-0.05, 0) is 19.8 Å². The molecule has 3 unspecified atom stereocenters. The number of rotatable bonds is 20. The Hall–Kier alpha value is -0.610. The molecule has 3 atom stereocenters. The molecule has 0 spiro atoms. The van der Waals surface area contributed by atoms with Crippen molar-refractivity contribution in [3.05, 3.63) is 0 Å². The largest absolute Gasteiger partial charge is 0.376 e. The Labute approximate surface area is 181 Å². The van der Waals surface area contributed by atoms with Gasteiger partial charge in [0.05, 0.1) is 0 Å². The molecule has 0 aliphatic rings. The van der Waals surface area contributed by atoms with Crippen molar-refractivity contribution in [1.29, 1.82) is 0 Å². The Balaban J connectivity index is 3.49. The Kier molecular flexibility index (Phi) is 17.8. The van der Waals surface area contributed by atoms with Gasteiger partial charge < -0.3 is 16.2 Å². The molecule has 0 aromatic carbocycles. The lowest BCUT2D eigenvalue weighted by Crippen LogP contribution is -2.53. The summed E-state index contributed by atoms with van der Waals surface area (Å²) in [6.07, 6.45) is 21.3. The third kappa shape index (κ3) is 16.8. The predicted molar refractivity (Wildman–Crippen MR) is 126 cm³/mol. The van der Waals surface area contributed by atoms with Crippen LogP contribution in [0.1, 0.15) is 137 Å². The van der Waals surface area contributed by atoms with Crippen LogP contribution in [0.2, 0.25) is 0 Å². The quantitative estimate of drug-likeness (QED) is 0.159. The summed E-state index contributed by atoms with van der Waals surface area (Å²) in [5, 5.41) is 13.0. The molecule has 4 nitrogen and oxygen atoms in total. The first-order valence-electron chi connectivity index (χ1n) is 12.6. The van der Waals surface area contributed by atoms with Gasteiger partial charge in [0.1, 0.15) is 5.72 Å². The average molecular weight is 413 g/mol. The fraction of sp³-hybridized carbons (Fsp3) is 0.960. The molecule has 0 aliphatic heterocycles. The minimum Gasteiger partial charge on any atom is -0.376 e. The van der Waals surface area contributed by atoms with Gasteiger partial charge >= 0.3 is 0 Å². The van der Waals surface area contributed by atoms with E-state index in [1.165, 1.54) is 83.5 Å². The van der Waals surface area contributed by atoms with Gasteiger partial charge in [-0.1, -0.05) is 111 Å². The van der Waals surface area contributed by atoms with Crippen LogP contribution in [-0.2, 0) is 4.79 Å². The number of hydrogen-bond donors (Lipinski definition) is 3. The standard InChI is InChI=1S/C25H52N2O2/c1-5-7-8-9-10-11-12-13-14-15-16-17-18-19-20-21-24(28)27-23(6-2)22(3)25(4,26)29/h22-23,29H,5-21,26H2,1-4H3,(H,27,28). The molecule has 0 rings (SSSR count). The highest BCUT2D eigenvalue weighted by Crippen LogP contribution is 2.18. The van der Waals surface area contributed by atoms with Crippen LogP contribution in [0.3, 0.4) is 0 Å². The van der Waals surface area contributed by atoms with Crippen molar-refractivity contribution in [3.63, 3.8) is 0 Å². The Morgan fingerprint density at radius 2 is 1.21 bits per heavy atom. The third-order valence-electron chi connectivity index (χ3n) is 6.32. The van der Waals surface area contributed by atoms with Crippen molar-refractivity contribution in [1.82, 2.24) is 5.32 Å². The lowest BCUT2D eigenvalue weighted by Gasteiger charge is -2.33. The number of carbonyl (C=O) groups excluding carboxylic acids is 1. The molecule has 0 bridgehead atoms. The van der Waals surface area contributed by atoms with Gasteiger partial charge in [0.2, 0.25) is 5.91 Å². The molecule has 0 aromatic heterocycles. The summed E-state index contributed by atoms with van der Waals surface area (Å²) < 4.78 is 0. The van der Waals surface area contributed by atoms with E-state index in [0.717, 1.165) is 19.3 Å². The number of hydrogen-bond acceptors (Lipinski definition) is 3. The van der Waals surface area contributed by atoms with Gasteiger partial charge in [0.15, 0.2) is 0 Å². The topological polar surface area (TPSA) is 75.4 Å². The molecule has 4 heteroatoms. The van der Waals surface area contributed by atoms with Crippen LogP contribution in [0.15, 0.2) is 0 Å². The van der Waals surface area contributed by atoms with Crippen LogP contribution in [0.4, 0.5) is 0 Å². The van der Waals surface area contributed by atoms with Crippen molar-refractivity contribution in [2.24, 2.45) is 11.7 Å². The van der Waals surface area contributed by atoms with Crippen molar-refractivity contribution in [2.45, 2.75) is 149 Å². The van der Waals surface area contributed by atoms with E-state index in [0.29, 0.717) is 6.42 Å². The second-order valence-electron chi connectivity index (χ2n) is 9.30. The van der Waals surface area contributed by atoms with E-state index in [1.54, 1.807) is 6.92 Å². The zero-order valence-corrected chi connectivity index (χ0v) is 20.1. The van der Waals surface area contributed by atoms with Gasteiger partial charge in [-0.3, -0.25) is 4.79 Å². The molecule has 0 aliphatic carbocycles. The molecular formula is C25H52N2O2. The summed E-state index contributed by atoms with van der Waals surface area (Å²) in [4.78, 5) is 12.1. The van der Waals surface area contributed by atoms with Crippen LogP contribution in [-0.4, -0.2) is 22.8 Å². The number of nitrogens with two attached hydrogens (primary N) is 1. The van der Waals surface area contributed by atoms with Crippen molar-refractivity contribution in [3.8, 4) is 0 Å². The zero-order valence-electron chi connectivity index (χ0n) is 20.1. The van der Waals surface area contributed by atoms with Crippen molar-refractivity contribution >= 4 is 5.91 Å². The highest BCUT2D eigenvalue weighted by molar-refractivity contribution is 5.76. The molecular weight excluding hydrogens is 360 g/mol. The van der Waals surface area contributed by atoms with Gasteiger partial charge in [0.25, 0.3) is 0 Å². The Morgan fingerprint density at radius 3 is 1.55 bits per heavy atom. The summed E-state index contributed by atoms with van der Waals surface area (Å²) in [6.45, 7) is 7.78. The van der Waals surface area contributed by atoms with E-state index in [9.17, 15) is 9.90 Å². The van der Waals surface area contributed by atoms with Gasteiger partial charge in [-0.25, -0.2) is 0 Å². The van der Waals surface area contributed by atoms with E-state index in [1.807, 2.05) is 13.8 Å². The second kappa shape index (κ2) is 18.2. The molecule has 174 valence electrons. The summed E-state index contributed by atoms with van der Waals surface area (Å²) in [5.41, 5.74) is 4.51. The molecule has 0 radical (unpaired) electrons. The predicted octanol–water partition coefficient (Wildman–Crippen LogP) is 6.45. The van der Waals surface area contributed by atoms with Gasteiger partial charge in [0, 0.05) is 18.4 Å². The van der Waals surface area contributed by atoms with E-state index < -0.39 is 5.72 Å². The first-order chi connectivity index (χ1) is 13.8. The van der Waals surface area contributed by atoms with Crippen molar-refractivity contribution < 1.29 is 9.90 Å². The highest BCUT2D eigenvalue weighted by Gasteiger charge is 2.30. The average Bonchev–Trinajstić information content (AvgIpc) is 2.67. The van der Waals surface area contributed by atoms with Crippen LogP contribution < -0.4 is 11.1 Å². The Bertz CT molecular complexity index is 380.